The number of hydrogen-bond acceptors (Lipinski definition) is 6. The van der Waals surface area contributed by atoms with Crippen molar-refractivity contribution in [3.63, 3.8) is 0 Å². The molecular weight excluding hydrogens is 376 g/mol. The number of aromatic amines is 1. The minimum Gasteiger partial charge on any atom is -0.320 e. The van der Waals surface area contributed by atoms with E-state index in [1.54, 1.807) is 24.3 Å². The first-order chi connectivity index (χ1) is 14.0. The molecule has 0 fully saturated rings. The van der Waals surface area contributed by atoms with Crippen molar-refractivity contribution in [2.75, 3.05) is 5.32 Å². The van der Waals surface area contributed by atoms with Gasteiger partial charge in [-0.05, 0) is 25.1 Å². The van der Waals surface area contributed by atoms with Gasteiger partial charge in [0.1, 0.15) is 5.39 Å². The molecule has 10 heteroatoms. The Morgan fingerprint density at radius 2 is 2.00 bits per heavy atom. The highest BCUT2D eigenvalue weighted by molar-refractivity contribution is 6.06. The molecule has 2 aromatic carbocycles. The number of rotatable bonds is 4. The minimum absolute atomic E-state index is 0.132. The number of fused-ring (bicyclic) bond motifs is 1. The fourth-order valence-electron chi connectivity index (χ4n) is 3.05. The Morgan fingerprint density at radius 1 is 1.21 bits per heavy atom. The molecule has 10 nitrogen and oxygen atoms in total. The molecule has 0 radical (unpaired) electrons. The zero-order valence-corrected chi connectivity index (χ0v) is 15.1. The van der Waals surface area contributed by atoms with Crippen LogP contribution < -0.4 is 10.9 Å². The van der Waals surface area contributed by atoms with Crippen molar-refractivity contribution in [3.05, 3.63) is 86.6 Å². The molecule has 0 aliphatic heterocycles. The molecule has 2 heterocycles. The molecule has 0 saturated heterocycles. The third kappa shape index (κ3) is 3.12. The smallest absolute Gasteiger partial charge is 0.273 e. The summed E-state index contributed by atoms with van der Waals surface area (Å²) >= 11 is 0. The van der Waals surface area contributed by atoms with E-state index in [0.29, 0.717) is 22.4 Å². The van der Waals surface area contributed by atoms with E-state index in [2.05, 4.69) is 20.4 Å². The molecule has 0 bridgehead atoms. The fraction of sp³-hybridized carbons (Fsp3) is 0.0526. The van der Waals surface area contributed by atoms with Crippen molar-refractivity contribution < 1.29 is 9.72 Å². The fourth-order valence-corrected chi connectivity index (χ4v) is 3.05. The Labute approximate surface area is 163 Å². The second kappa shape index (κ2) is 7.00. The second-order valence-electron chi connectivity index (χ2n) is 6.20. The quantitative estimate of drug-likeness (QED) is 0.406. The molecule has 1 amide bonds. The van der Waals surface area contributed by atoms with E-state index >= 15 is 0 Å². The molecule has 0 atom stereocenters. The number of nitrogens with zero attached hydrogens (tertiary/aromatic N) is 4. The number of para-hydroxylation sites is 2. The lowest BCUT2D eigenvalue weighted by Crippen LogP contribution is -2.16. The molecular formula is C19H14N6O4. The summed E-state index contributed by atoms with van der Waals surface area (Å²) in [7, 11) is 0. The van der Waals surface area contributed by atoms with Crippen LogP contribution in [0, 0.1) is 17.0 Å². The Morgan fingerprint density at radius 3 is 2.79 bits per heavy atom. The van der Waals surface area contributed by atoms with Gasteiger partial charge in [-0.2, -0.15) is 5.10 Å². The maximum Gasteiger partial charge on any atom is 0.273 e. The molecule has 0 saturated carbocycles. The molecule has 4 rings (SSSR count). The van der Waals surface area contributed by atoms with Crippen molar-refractivity contribution in [2.45, 2.75) is 6.92 Å². The van der Waals surface area contributed by atoms with Gasteiger partial charge in [0.05, 0.1) is 28.8 Å². The highest BCUT2D eigenvalue weighted by Crippen LogP contribution is 2.25. The number of nitro groups is 1. The van der Waals surface area contributed by atoms with E-state index in [0.717, 1.165) is 0 Å². The van der Waals surface area contributed by atoms with Crippen LogP contribution in [0.5, 0.6) is 0 Å². The van der Waals surface area contributed by atoms with E-state index in [4.69, 9.17) is 0 Å². The number of aromatic nitrogens is 4. The first-order valence-electron chi connectivity index (χ1n) is 8.53. The number of carbonyl (C=O) groups excluding carboxylic acids is 1. The first-order valence-corrected chi connectivity index (χ1v) is 8.53. The van der Waals surface area contributed by atoms with Crippen LogP contribution in [0.4, 0.5) is 11.4 Å². The third-order valence-electron chi connectivity index (χ3n) is 4.50. The zero-order valence-electron chi connectivity index (χ0n) is 15.1. The van der Waals surface area contributed by atoms with E-state index < -0.39 is 10.8 Å². The van der Waals surface area contributed by atoms with E-state index in [1.807, 2.05) is 0 Å². The summed E-state index contributed by atoms with van der Waals surface area (Å²) in [6, 6.07) is 11.2. The number of hydrogen-bond donors (Lipinski definition) is 2. The summed E-state index contributed by atoms with van der Waals surface area (Å²) < 4.78 is 1.44. The van der Waals surface area contributed by atoms with Crippen molar-refractivity contribution in [2.24, 2.45) is 0 Å². The Bertz CT molecular complexity index is 1320. The molecule has 2 N–H and O–H groups in total. The van der Waals surface area contributed by atoms with Crippen LogP contribution >= 0.6 is 0 Å². The van der Waals surface area contributed by atoms with Gasteiger partial charge in [0.2, 0.25) is 0 Å². The van der Waals surface area contributed by atoms with Crippen molar-refractivity contribution in [1.82, 2.24) is 19.7 Å². The molecule has 144 valence electrons. The van der Waals surface area contributed by atoms with Gasteiger partial charge in [-0.15, -0.1) is 0 Å². The highest BCUT2D eigenvalue weighted by Gasteiger charge is 2.19. The summed E-state index contributed by atoms with van der Waals surface area (Å²) in [5.74, 6) is -0.499. The third-order valence-corrected chi connectivity index (χ3v) is 4.50. The maximum absolute atomic E-state index is 12.8. The lowest BCUT2D eigenvalue weighted by atomic mass is 10.1. The summed E-state index contributed by atoms with van der Waals surface area (Å²) in [4.78, 5) is 42.0. The Balaban J connectivity index is 1.76. The summed E-state index contributed by atoms with van der Waals surface area (Å²) in [6.07, 6.45) is 2.67. The predicted molar refractivity (Wildman–Crippen MR) is 105 cm³/mol. The lowest BCUT2D eigenvalue weighted by Gasteiger charge is -2.12. The SMILES string of the molecule is Cc1c(C(=O)Nc2ccccc2-n2ncc3c(=O)[nH]cnc32)cccc1[N+](=O)[O-]. The number of carbonyl (C=O) groups is 1. The van der Waals surface area contributed by atoms with Gasteiger partial charge in [-0.1, -0.05) is 18.2 Å². The van der Waals surface area contributed by atoms with Crippen LogP contribution in [0.15, 0.2) is 59.8 Å². The number of nitro benzene ring substituents is 1. The van der Waals surface area contributed by atoms with Gasteiger partial charge in [0.25, 0.3) is 17.2 Å². The molecule has 0 spiro atoms. The van der Waals surface area contributed by atoms with Crippen LogP contribution in [0.1, 0.15) is 15.9 Å². The van der Waals surface area contributed by atoms with Crippen LogP contribution in [-0.4, -0.2) is 30.6 Å². The van der Waals surface area contributed by atoms with Gasteiger partial charge in [-0.3, -0.25) is 19.7 Å². The number of benzene rings is 2. The summed E-state index contributed by atoms with van der Waals surface area (Å²) in [5, 5.41) is 18.4. The number of amides is 1. The van der Waals surface area contributed by atoms with Crippen molar-refractivity contribution in [1.29, 1.82) is 0 Å². The number of anilines is 1. The second-order valence-corrected chi connectivity index (χ2v) is 6.20. The maximum atomic E-state index is 12.8. The Hall–Kier alpha value is -4.34. The van der Waals surface area contributed by atoms with Gasteiger partial charge in [0.15, 0.2) is 5.65 Å². The largest absolute Gasteiger partial charge is 0.320 e. The number of H-pyrrole nitrogens is 1. The summed E-state index contributed by atoms with van der Waals surface area (Å²) in [6.45, 7) is 1.52. The molecule has 29 heavy (non-hydrogen) atoms. The van der Waals surface area contributed by atoms with Gasteiger partial charge >= 0.3 is 0 Å². The van der Waals surface area contributed by atoms with Gasteiger partial charge in [0, 0.05) is 17.2 Å². The van der Waals surface area contributed by atoms with Crippen LogP contribution in [0.25, 0.3) is 16.7 Å². The molecule has 2 aromatic heterocycles. The van der Waals surface area contributed by atoms with Crippen LogP contribution in [-0.2, 0) is 0 Å². The molecule has 4 aromatic rings. The molecule has 0 aliphatic rings. The predicted octanol–water partition coefficient (Wildman–Crippen LogP) is 2.58. The van der Waals surface area contributed by atoms with Gasteiger partial charge < -0.3 is 10.3 Å². The van der Waals surface area contributed by atoms with Crippen molar-refractivity contribution in [3.8, 4) is 5.69 Å². The highest BCUT2D eigenvalue weighted by atomic mass is 16.6. The normalized spacial score (nSPS) is 10.8. The van der Waals surface area contributed by atoms with Crippen LogP contribution in [0.2, 0.25) is 0 Å². The van der Waals surface area contributed by atoms with E-state index in [9.17, 15) is 19.7 Å². The standard InChI is InChI=1S/C19H14N6O4/c1-11-12(5-4-8-15(11)25(28)29)19(27)23-14-6-2-3-7-16(14)24-17-13(9-22-24)18(26)21-10-20-17/h2-10H,1H3,(H,23,27)(H,20,21,26). The average Bonchev–Trinajstić information content (AvgIpc) is 3.13. The van der Waals surface area contributed by atoms with Crippen LogP contribution in [0.3, 0.4) is 0 Å². The minimum atomic E-state index is -0.529. The van der Waals surface area contributed by atoms with Gasteiger partial charge in [-0.25, -0.2) is 9.67 Å². The van der Waals surface area contributed by atoms with Crippen molar-refractivity contribution >= 4 is 28.3 Å². The summed E-state index contributed by atoms with van der Waals surface area (Å²) in [5.41, 5.74) is 1.25. The van der Waals surface area contributed by atoms with E-state index in [-0.39, 0.29) is 22.4 Å². The van der Waals surface area contributed by atoms with E-state index in [1.165, 1.54) is 42.3 Å². The first kappa shape index (κ1) is 18.0. The average molecular weight is 390 g/mol. The molecule has 0 aliphatic carbocycles. The molecule has 0 unspecified atom stereocenters. The lowest BCUT2D eigenvalue weighted by molar-refractivity contribution is -0.385. The Kier molecular flexibility index (Phi) is 4.36. The monoisotopic (exact) mass is 390 g/mol. The number of nitrogens with one attached hydrogen (secondary N) is 2. The topological polar surface area (TPSA) is 136 Å². The zero-order chi connectivity index (χ0) is 20.5.